The van der Waals surface area contributed by atoms with Crippen molar-refractivity contribution < 1.29 is 9.53 Å². The zero-order valence-corrected chi connectivity index (χ0v) is 15.1. The Morgan fingerprint density at radius 2 is 2.04 bits per heavy atom. The summed E-state index contributed by atoms with van der Waals surface area (Å²) in [6.07, 6.45) is 2.61. The number of rotatable bonds is 3. The predicted octanol–water partition coefficient (Wildman–Crippen LogP) is 2.64. The Morgan fingerprint density at radius 3 is 2.75 bits per heavy atom. The number of thiazole rings is 1. The molecule has 0 aliphatic carbocycles. The molecule has 0 saturated carbocycles. The van der Waals surface area contributed by atoms with E-state index >= 15 is 0 Å². The van der Waals surface area contributed by atoms with Crippen molar-refractivity contribution in [2.45, 2.75) is 13.3 Å². The van der Waals surface area contributed by atoms with Crippen molar-refractivity contribution in [3.05, 3.63) is 46.5 Å². The summed E-state index contributed by atoms with van der Waals surface area (Å²) in [4.78, 5) is 19.8. The van der Waals surface area contributed by atoms with Gasteiger partial charge in [0.05, 0.1) is 13.2 Å². The maximum absolute atomic E-state index is 12.2. The van der Waals surface area contributed by atoms with Gasteiger partial charge in [0.2, 0.25) is 0 Å². The van der Waals surface area contributed by atoms with Gasteiger partial charge in [0.1, 0.15) is 0 Å². The number of aryl methyl sites for hydroxylation is 1. The molecule has 1 fully saturated rings. The van der Waals surface area contributed by atoms with Crippen molar-refractivity contribution in [2.24, 2.45) is 0 Å². The van der Waals surface area contributed by atoms with E-state index in [0.717, 1.165) is 11.3 Å². The van der Waals surface area contributed by atoms with Crippen LogP contribution in [-0.2, 0) is 16.0 Å². The highest BCUT2D eigenvalue weighted by atomic mass is 32.1. The number of amides is 1. The molecule has 1 aromatic carbocycles. The third-order valence-electron chi connectivity index (χ3n) is 3.77. The number of carbonyl (C=O) groups is 1. The summed E-state index contributed by atoms with van der Waals surface area (Å²) in [6, 6.07) is 8.42. The molecule has 1 aliphatic rings. The van der Waals surface area contributed by atoms with Gasteiger partial charge in [-0.1, -0.05) is 42.0 Å². The fourth-order valence-electron chi connectivity index (χ4n) is 2.41. The highest BCUT2D eigenvalue weighted by Crippen LogP contribution is 2.21. The number of thiocarbonyl (C=S) groups is 1. The van der Waals surface area contributed by atoms with Crippen LogP contribution in [0.2, 0.25) is 0 Å². The second-order valence-corrected chi connectivity index (χ2v) is 7.15. The molecule has 1 amide bonds. The molecule has 0 bridgehead atoms. The van der Waals surface area contributed by atoms with E-state index in [1.807, 2.05) is 4.90 Å². The molecular formula is C17H19N3O2S2. The Bertz CT molecular complexity index is 722. The summed E-state index contributed by atoms with van der Waals surface area (Å²) in [5.41, 5.74) is 2.47. The number of morpholine rings is 1. The number of ether oxygens (including phenoxy) is 1. The van der Waals surface area contributed by atoms with Crippen molar-refractivity contribution in [1.29, 1.82) is 0 Å². The van der Waals surface area contributed by atoms with Crippen LogP contribution in [-0.4, -0.2) is 47.1 Å². The second kappa shape index (κ2) is 7.83. The van der Waals surface area contributed by atoms with E-state index in [1.54, 1.807) is 6.20 Å². The molecule has 0 unspecified atom stereocenters. The first-order valence-electron chi connectivity index (χ1n) is 7.80. The standard InChI is InChI=1S/C17H19N3O2S2/c1-12-2-4-13(5-3-12)10-14-11-18-17(24-14)19-15(21)16(23)20-6-8-22-9-7-20/h2-5,11H,6-10H2,1H3,(H,18,19,21). The Hall–Kier alpha value is -1.83. The SMILES string of the molecule is Cc1ccc(Cc2cnc(NC(=O)C(=S)N3CCOCC3)s2)cc1. The molecule has 126 valence electrons. The molecule has 2 aromatic rings. The number of aromatic nitrogens is 1. The topological polar surface area (TPSA) is 54.5 Å². The predicted molar refractivity (Wildman–Crippen MR) is 99.7 cm³/mol. The normalized spacial score (nSPS) is 14.5. The van der Waals surface area contributed by atoms with Gasteiger partial charge < -0.3 is 9.64 Å². The minimum absolute atomic E-state index is 0.275. The van der Waals surface area contributed by atoms with Crippen LogP contribution in [0.1, 0.15) is 16.0 Å². The van der Waals surface area contributed by atoms with Crippen molar-refractivity contribution in [1.82, 2.24) is 9.88 Å². The van der Waals surface area contributed by atoms with Crippen LogP contribution in [0.5, 0.6) is 0 Å². The smallest absolute Gasteiger partial charge is 0.285 e. The third kappa shape index (κ3) is 4.37. The van der Waals surface area contributed by atoms with Crippen LogP contribution in [0.3, 0.4) is 0 Å². The van der Waals surface area contributed by atoms with Crippen LogP contribution in [0.25, 0.3) is 0 Å². The van der Waals surface area contributed by atoms with Crippen LogP contribution in [0.4, 0.5) is 5.13 Å². The molecule has 0 spiro atoms. The summed E-state index contributed by atoms with van der Waals surface area (Å²) >= 11 is 6.73. The Morgan fingerprint density at radius 1 is 1.33 bits per heavy atom. The maximum atomic E-state index is 12.2. The lowest BCUT2D eigenvalue weighted by atomic mass is 10.1. The lowest BCUT2D eigenvalue weighted by molar-refractivity contribution is -0.111. The second-order valence-electron chi connectivity index (χ2n) is 5.65. The zero-order chi connectivity index (χ0) is 16.9. The average Bonchev–Trinajstić information content (AvgIpc) is 3.04. The highest BCUT2D eigenvalue weighted by Gasteiger charge is 2.20. The first-order valence-corrected chi connectivity index (χ1v) is 9.02. The summed E-state index contributed by atoms with van der Waals surface area (Å²) in [7, 11) is 0. The van der Waals surface area contributed by atoms with E-state index in [-0.39, 0.29) is 5.91 Å². The number of hydrogen-bond acceptors (Lipinski definition) is 5. The van der Waals surface area contributed by atoms with Gasteiger partial charge >= 0.3 is 0 Å². The Labute approximate surface area is 150 Å². The lowest BCUT2D eigenvalue weighted by Crippen LogP contribution is -2.44. The average molecular weight is 361 g/mol. The van der Waals surface area contributed by atoms with E-state index in [1.165, 1.54) is 22.5 Å². The summed E-state index contributed by atoms with van der Waals surface area (Å²) < 4.78 is 5.27. The zero-order valence-electron chi connectivity index (χ0n) is 13.4. The number of anilines is 1. The fraction of sp³-hybridized carbons (Fsp3) is 0.353. The summed E-state index contributed by atoms with van der Waals surface area (Å²) in [5.74, 6) is -0.275. The molecule has 1 aromatic heterocycles. The molecule has 1 aliphatic heterocycles. The highest BCUT2D eigenvalue weighted by molar-refractivity contribution is 7.82. The quantitative estimate of drug-likeness (QED) is 0.852. The maximum Gasteiger partial charge on any atom is 0.285 e. The van der Waals surface area contributed by atoms with Gasteiger partial charge in [-0.15, -0.1) is 11.3 Å². The molecule has 3 rings (SSSR count). The molecule has 1 N–H and O–H groups in total. The van der Waals surface area contributed by atoms with Crippen molar-refractivity contribution >= 4 is 39.6 Å². The van der Waals surface area contributed by atoms with Crippen LogP contribution >= 0.6 is 23.6 Å². The first kappa shape index (κ1) is 17.0. The van der Waals surface area contributed by atoms with E-state index in [2.05, 4.69) is 41.5 Å². The third-order valence-corrected chi connectivity index (χ3v) is 5.12. The van der Waals surface area contributed by atoms with E-state index in [9.17, 15) is 4.79 Å². The van der Waals surface area contributed by atoms with Gasteiger partial charge in [-0.2, -0.15) is 0 Å². The van der Waals surface area contributed by atoms with Gasteiger partial charge in [-0.3, -0.25) is 10.1 Å². The number of nitrogens with zero attached hydrogens (tertiary/aromatic N) is 2. The number of nitrogens with one attached hydrogen (secondary N) is 1. The monoisotopic (exact) mass is 361 g/mol. The van der Waals surface area contributed by atoms with Crippen LogP contribution in [0, 0.1) is 6.92 Å². The Balaban J connectivity index is 1.58. The van der Waals surface area contributed by atoms with Gasteiger partial charge in [-0.25, -0.2) is 4.98 Å². The van der Waals surface area contributed by atoms with E-state index < -0.39 is 0 Å². The molecule has 2 heterocycles. The number of carbonyl (C=O) groups excluding carboxylic acids is 1. The molecule has 0 radical (unpaired) electrons. The largest absolute Gasteiger partial charge is 0.378 e. The van der Waals surface area contributed by atoms with Crippen LogP contribution < -0.4 is 5.32 Å². The molecule has 1 saturated heterocycles. The minimum Gasteiger partial charge on any atom is -0.378 e. The molecule has 7 heteroatoms. The van der Waals surface area contributed by atoms with E-state index in [4.69, 9.17) is 17.0 Å². The van der Waals surface area contributed by atoms with Crippen molar-refractivity contribution in [3.8, 4) is 0 Å². The van der Waals surface area contributed by atoms with Crippen molar-refractivity contribution in [3.63, 3.8) is 0 Å². The van der Waals surface area contributed by atoms with Gasteiger partial charge in [0.15, 0.2) is 10.1 Å². The minimum atomic E-state index is -0.275. The summed E-state index contributed by atoms with van der Waals surface area (Å²) in [5, 5.41) is 3.38. The van der Waals surface area contributed by atoms with Gasteiger partial charge in [0, 0.05) is 30.6 Å². The van der Waals surface area contributed by atoms with Crippen LogP contribution in [0.15, 0.2) is 30.5 Å². The number of benzene rings is 1. The molecular weight excluding hydrogens is 342 g/mol. The van der Waals surface area contributed by atoms with Gasteiger partial charge in [-0.05, 0) is 12.5 Å². The van der Waals surface area contributed by atoms with Gasteiger partial charge in [0.25, 0.3) is 5.91 Å². The summed E-state index contributed by atoms with van der Waals surface area (Å²) in [6.45, 7) is 4.59. The molecule has 0 atom stereocenters. The molecule has 5 nitrogen and oxygen atoms in total. The Kier molecular flexibility index (Phi) is 5.55. The lowest BCUT2D eigenvalue weighted by Gasteiger charge is -2.28. The number of hydrogen-bond donors (Lipinski definition) is 1. The molecule has 24 heavy (non-hydrogen) atoms. The van der Waals surface area contributed by atoms with E-state index in [0.29, 0.717) is 36.4 Å². The van der Waals surface area contributed by atoms with Crippen molar-refractivity contribution in [2.75, 3.05) is 31.6 Å². The fourth-order valence-corrected chi connectivity index (χ4v) is 3.49. The first-order chi connectivity index (χ1) is 11.6.